The van der Waals surface area contributed by atoms with Crippen molar-refractivity contribution < 1.29 is 5.11 Å². The van der Waals surface area contributed by atoms with E-state index in [9.17, 15) is 5.11 Å². The molecule has 0 aromatic carbocycles. The number of nitrogens with zero attached hydrogens (tertiary/aromatic N) is 3. The maximum absolute atomic E-state index is 10.1. The molecule has 0 aliphatic carbocycles. The molecule has 0 spiro atoms. The van der Waals surface area contributed by atoms with E-state index >= 15 is 0 Å². The van der Waals surface area contributed by atoms with E-state index < -0.39 is 6.10 Å². The van der Waals surface area contributed by atoms with Crippen molar-refractivity contribution >= 4 is 11.6 Å². The number of aromatic nitrogens is 3. The Labute approximate surface area is 111 Å². The van der Waals surface area contributed by atoms with Crippen LogP contribution < -0.4 is 0 Å². The molecule has 96 valence electrons. The SMILES string of the molecule is CC(C)n1ccc(CC(O)c2ccc(Cl)nc2)n1. The summed E-state index contributed by atoms with van der Waals surface area (Å²) in [7, 11) is 0. The fourth-order valence-corrected chi connectivity index (χ4v) is 1.79. The Bertz CT molecular complexity index is 507. The molecule has 0 amide bonds. The molecular weight excluding hydrogens is 250 g/mol. The lowest BCUT2D eigenvalue weighted by molar-refractivity contribution is 0.176. The highest BCUT2D eigenvalue weighted by molar-refractivity contribution is 6.29. The number of hydrogen-bond acceptors (Lipinski definition) is 3. The van der Waals surface area contributed by atoms with Gasteiger partial charge >= 0.3 is 0 Å². The average molecular weight is 266 g/mol. The number of halogens is 1. The summed E-state index contributed by atoms with van der Waals surface area (Å²) in [5, 5.41) is 14.9. The number of aliphatic hydroxyl groups excluding tert-OH is 1. The number of pyridine rings is 1. The first-order valence-corrected chi connectivity index (χ1v) is 6.27. The summed E-state index contributed by atoms with van der Waals surface area (Å²) in [6, 6.07) is 5.70. The predicted molar refractivity (Wildman–Crippen MR) is 70.5 cm³/mol. The zero-order valence-corrected chi connectivity index (χ0v) is 11.2. The summed E-state index contributed by atoms with van der Waals surface area (Å²) in [5.41, 5.74) is 1.62. The zero-order valence-electron chi connectivity index (χ0n) is 10.4. The molecule has 2 aromatic heterocycles. The molecule has 0 saturated carbocycles. The lowest BCUT2D eigenvalue weighted by atomic mass is 10.1. The van der Waals surface area contributed by atoms with E-state index in [0.717, 1.165) is 11.3 Å². The average Bonchev–Trinajstić information content (AvgIpc) is 2.78. The molecule has 2 rings (SSSR count). The van der Waals surface area contributed by atoms with Crippen molar-refractivity contribution in [3.63, 3.8) is 0 Å². The van der Waals surface area contributed by atoms with Gasteiger partial charge in [0.1, 0.15) is 5.15 Å². The fourth-order valence-electron chi connectivity index (χ4n) is 1.67. The van der Waals surface area contributed by atoms with E-state index in [1.807, 2.05) is 16.9 Å². The van der Waals surface area contributed by atoms with Gasteiger partial charge in [-0.15, -0.1) is 0 Å². The molecule has 18 heavy (non-hydrogen) atoms. The fraction of sp³-hybridized carbons (Fsp3) is 0.385. The smallest absolute Gasteiger partial charge is 0.129 e. The van der Waals surface area contributed by atoms with Crippen molar-refractivity contribution in [3.8, 4) is 0 Å². The predicted octanol–water partition coefficient (Wildman–Crippen LogP) is 2.79. The monoisotopic (exact) mass is 265 g/mol. The Morgan fingerprint density at radius 3 is 2.67 bits per heavy atom. The molecule has 0 saturated heterocycles. The minimum absolute atomic E-state index is 0.327. The van der Waals surface area contributed by atoms with E-state index in [4.69, 9.17) is 11.6 Å². The Morgan fingerprint density at radius 2 is 2.11 bits per heavy atom. The van der Waals surface area contributed by atoms with Gasteiger partial charge in [0.25, 0.3) is 0 Å². The van der Waals surface area contributed by atoms with Gasteiger partial charge in [-0.1, -0.05) is 17.7 Å². The molecule has 1 atom stereocenters. The van der Waals surface area contributed by atoms with Crippen LogP contribution in [0.25, 0.3) is 0 Å². The van der Waals surface area contributed by atoms with Crippen LogP contribution in [0.1, 0.15) is 37.3 Å². The zero-order chi connectivity index (χ0) is 13.1. The molecule has 2 aromatic rings. The standard InChI is InChI=1S/C13H16ClN3O/c1-9(2)17-6-5-11(16-17)7-12(18)10-3-4-13(14)15-8-10/h3-6,8-9,12,18H,7H2,1-2H3. The third-order valence-electron chi connectivity index (χ3n) is 2.73. The Balaban J connectivity index is 2.06. The van der Waals surface area contributed by atoms with Gasteiger partial charge in [-0.05, 0) is 31.5 Å². The van der Waals surface area contributed by atoms with Crippen LogP contribution in [0.4, 0.5) is 0 Å². The van der Waals surface area contributed by atoms with Crippen LogP contribution in [0.2, 0.25) is 5.15 Å². The second-order valence-corrected chi connectivity index (χ2v) is 4.90. The molecule has 2 heterocycles. The second-order valence-electron chi connectivity index (χ2n) is 4.52. The minimum atomic E-state index is -0.606. The lowest BCUT2D eigenvalue weighted by Gasteiger charge is -2.09. The van der Waals surface area contributed by atoms with E-state index in [1.54, 1.807) is 18.3 Å². The molecule has 0 radical (unpaired) electrons. The molecule has 5 heteroatoms. The highest BCUT2D eigenvalue weighted by Gasteiger charge is 2.11. The van der Waals surface area contributed by atoms with Crippen molar-refractivity contribution in [1.82, 2.24) is 14.8 Å². The first-order valence-electron chi connectivity index (χ1n) is 5.90. The summed E-state index contributed by atoms with van der Waals surface area (Å²) in [4.78, 5) is 3.96. The van der Waals surface area contributed by atoms with Crippen molar-refractivity contribution in [2.45, 2.75) is 32.4 Å². The van der Waals surface area contributed by atoms with Crippen LogP contribution >= 0.6 is 11.6 Å². The highest BCUT2D eigenvalue weighted by Crippen LogP contribution is 2.18. The normalized spacial score (nSPS) is 12.9. The van der Waals surface area contributed by atoms with Crippen LogP contribution in [-0.4, -0.2) is 19.9 Å². The van der Waals surface area contributed by atoms with Gasteiger partial charge in [-0.3, -0.25) is 4.68 Å². The maximum atomic E-state index is 10.1. The molecular formula is C13H16ClN3O. The minimum Gasteiger partial charge on any atom is -0.388 e. The van der Waals surface area contributed by atoms with Gasteiger partial charge < -0.3 is 5.11 Å². The molecule has 0 fully saturated rings. The van der Waals surface area contributed by atoms with Crippen LogP contribution in [-0.2, 0) is 6.42 Å². The molecule has 0 aliphatic rings. The van der Waals surface area contributed by atoms with Crippen LogP contribution in [0.3, 0.4) is 0 Å². The third-order valence-corrected chi connectivity index (χ3v) is 2.95. The largest absolute Gasteiger partial charge is 0.388 e. The van der Waals surface area contributed by atoms with Crippen LogP contribution in [0, 0.1) is 0 Å². The van der Waals surface area contributed by atoms with Gasteiger partial charge in [-0.25, -0.2) is 4.98 Å². The van der Waals surface area contributed by atoms with Gasteiger partial charge in [0.15, 0.2) is 0 Å². The topological polar surface area (TPSA) is 50.9 Å². The first-order chi connectivity index (χ1) is 8.56. The molecule has 0 bridgehead atoms. The maximum Gasteiger partial charge on any atom is 0.129 e. The highest BCUT2D eigenvalue weighted by atomic mass is 35.5. The van der Waals surface area contributed by atoms with Gasteiger partial charge in [0.05, 0.1) is 11.8 Å². The first kappa shape index (κ1) is 13.1. The Kier molecular flexibility index (Phi) is 3.99. The van der Waals surface area contributed by atoms with Crippen molar-refractivity contribution in [3.05, 3.63) is 47.0 Å². The number of aliphatic hydroxyl groups is 1. The number of rotatable bonds is 4. The molecule has 0 aliphatic heterocycles. The van der Waals surface area contributed by atoms with Crippen molar-refractivity contribution in [2.75, 3.05) is 0 Å². The summed E-state index contributed by atoms with van der Waals surface area (Å²) in [6.45, 7) is 4.13. The summed E-state index contributed by atoms with van der Waals surface area (Å²) < 4.78 is 1.88. The van der Waals surface area contributed by atoms with Crippen LogP contribution in [0.15, 0.2) is 30.6 Å². The van der Waals surface area contributed by atoms with E-state index in [1.165, 1.54) is 0 Å². The lowest BCUT2D eigenvalue weighted by Crippen LogP contribution is -2.05. The van der Waals surface area contributed by atoms with Crippen molar-refractivity contribution in [1.29, 1.82) is 0 Å². The van der Waals surface area contributed by atoms with Gasteiger partial charge in [0, 0.05) is 24.9 Å². The summed E-state index contributed by atoms with van der Waals surface area (Å²) >= 11 is 5.71. The summed E-state index contributed by atoms with van der Waals surface area (Å²) in [6.07, 6.45) is 3.38. The quantitative estimate of drug-likeness (QED) is 0.865. The Morgan fingerprint density at radius 1 is 1.33 bits per heavy atom. The second kappa shape index (κ2) is 5.50. The van der Waals surface area contributed by atoms with Gasteiger partial charge in [0.2, 0.25) is 0 Å². The molecule has 1 N–H and O–H groups in total. The van der Waals surface area contributed by atoms with Gasteiger partial charge in [-0.2, -0.15) is 5.10 Å². The molecule has 4 nitrogen and oxygen atoms in total. The van der Waals surface area contributed by atoms with E-state index in [-0.39, 0.29) is 0 Å². The third kappa shape index (κ3) is 3.09. The van der Waals surface area contributed by atoms with Crippen LogP contribution in [0.5, 0.6) is 0 Å². The Hall–Kier alpha value is -1.39. The van der Waals surface area contributed by atoms with Crippen molar-refractivity contribution in [2.24, 2.45) is 0 Å². The molecule has 1 unspecified atom stereocenters. The van der Waals surface area contributed by atoms with E-state index in [0.29, 0.717) is 17.6 Å². The summed E-state index contributed by atoms with van der Waals surface area (Å²) in [5.74, 6) is 0. The number of hydrogen-bond donors (Lipinski definition) is 1. The van der Waals surface area contributed by atoms with E-state index in [2.05, 4.69) is 23.9 Å².